The van der Waals surface area contributed by atoms with Gasteiger partial charge in [0.15, 0.2) is 0 Å². The van der Waals surface area contributed by atoms with Crippen molar-refractivity contribution in [1.29, 1.82) is 0 Å². The number of nitro benzene ring substituents is 1. The zero-order valence-electron chi connectivity index (χ0n) is 14.0. The maximum absolute atomic E-state index is 10.9. The Morgan fingerprint density at radius 1 is 1.12 bits per heavy atom. The lowest BCUT2D eigenvalue weighted by Crippen LogP contribution is -2.07. The molecule has 1 aromatic heterocycles. The Hall–Kier alpha value is -2.67. The molecule has 0 spiro atoms. The van der Waals surface area contributed by atoms with E-state index in [1.807, 2.05) is 22.9 Å². The number of benzene rings is 2. The van der Waals surface area contributed by atoms with E-state index >= 15 is 0 Å². The molecular formula is C19H17BrN4O2. The number of hydrogen-bond donors (Lipinski definition) is 1. The van der Waals surface area contributed by atoms with E-state index < -0.39 is 4.92 Å². The number of nitrogens with zero attached hydrogens (tertiary/aromatic N) is 3. The molecule has 0 fully saturated rings. The zero-order chi connectivity index (χ0) is 18.1. The Kier molecular flexibility index (Phi) is 4.46. The largest absolute Gasteiger partial charge is 0.370 e. The average molecular weight is 413 g/mol. The monoisotopic (exact) mass is 412 g/mol. The molecule has 0 radical (unpaired) electrons. The molecule has 7 heteroatoms. The number of rotatable bonds is 3. The van der Waals surface area contributed by atoms with Crippen LogP contribution in [0.4, 0.5) is 11.5 Å². The van der Waals surface area contributed by atoms with Crippen molar-refractivity contribution in [2.24, 2.45) is 0 Å². The van der Waals surface area contributed by atoms with Crippen LogP contribution in [0.1, 0.15) is 18.4 Å². The van der Waals surface area contributed by atoms with Gasteiger partial charge in [-0.05, 0) is 37.5 Å². The first-order chi connectivity index (χ1) is 12.6. The van der Waals surface area contributed by atoms with Crippen LogP contribution >= 0.6 is 15.9 Å². The van der Waals surface area contributed by atoms with Crippen LogP contribution in [0.25, 0.3) is 16.9 Å². The summed E-state index contributed by atoms with van der Waals surface area (Å²) < 4.78 is 2.86. The molecule has 0 aliphatic carbocycles. The molecule has 0 bridgehead atoms. The molecule has 0 amide bonds. The summed E-state index contributed by atoms with van der Waals surface area (Å²) in [7, 11) is 0. The predicted octanol–water partition coefficient (Wildman–Crippen LogP) is 4.96. The number of nitrogens with one attached hydrogen (secondary N) is 1. The van der Waals surface area contributed by atoms with Crippen molar-refractivity contribution < 1.29 is 4.92 Å². The van der Waals surface area contributed by atoms with E-state index in [4.69, 9.17) is 5.10 Å². The van der Waals surface area contributed by atoms with Gasteiger partial charge in [0.1, 0.15) is 5.82 Å². The van der Waals surface area contributed by atoms with Crippen molar-refractivity contribution in [2.75, 3.05) is 11.9 Å². The minimum atomic E-state index is -0.391. The average Bonchev–Trinajstić information content (AvgIpc) is 2.83. The molecule has 2 heterocycles. The smallest absolute Gasteiger partial charge is 0.269 e. The van der Waals surface area contributed by atoms with Gasteiger partial charge in [-0.15, -0.1) is 0 Å². The number of non-ortho nitro benzene ring substituents is 1. The molecule has 3 aromatic rings. The third-order valence-electron chi connectivity index (χ3n) is 4.56. The fourth-order valence-corrected chi connectivity index (χ4v) is 3.75. The Balaban J connectivity index is 1.87. The summed E-state index contributed by atoms with van der Waals surface area (Å²) in [5, 5.41) is 19.3. The van der Waals surface area contributed by atoms with Crippen molar-refractivity contribution in [1.82, 2.24) is 9.78 Å². The standard InChI is InChI=1S/C19H17BrN4O2/c20-17-7-2-1-5-15(17)18-16-6-3-4-12-21-19(16)23(22-18)13-8-10-14(11-9-13)24(25)26/h1-2,5,7-11,21H,3-4,6,12H2. The van der Waals surface area contributed by atoms with Gasteiger partial charge >= 0.3 is 0 Å². The minimum absolute atomic E-state index is 0.0750. The first-order valence-corrected chi connectivity index (χ1v) is 9.30. The highest BCUT2D eigenvalue weighted by molar-refractivity contribution is 9.10. The van der Waals surface area contributed by atoms with Crippen LogP contribution in [0, 0.1) is 10.1 Å². The van der Waals surface area contributed by atoms with Gasteiger partial charge in [0.05, 0.1) is 16.3 Å². The summed E-state index contributed by atoms with van der Waals surface area (Å²) in [6, 6.07) is 14.5. The highest BCUT2D eigenvalue weighted by Gasteiger charge is 2.23. The first-order valence-electron chi connectivity index (χ1n) is 8.50. The first kappa shape index (κ1) is 16.8. The molecule has 0 saturated carbocycles. The van der Waals surface area contributed by atoms with Gasteiger partial charge in [-0.2, -0.15) is 5.10 Å². The summed E-state index contributed by atoms with van der Waals surface area (Å²) in [5.41, 5.74) is 4.06. The van der Waals surface area contributed by atoms with E-state index in [1.165, 1.54) is 17.7 Å². The van der Waals surface area contributed by atoms with Gasteiger partial charge in [0, 0.05) is 34.3 Å². The third-order valence-corrected chi connectivity index (χ3v) is 5.26. The molecule has 26 heavy (non-hydrogen) atoms. The SMILES string of the molecule is O=[N+]([O-])c1ccc(-n2nc(-c3ccccc3Br)c3c2NCCCC3)cc1. The van der Waals surface area contributed by atoms with Crippen LogP contribution in [-0.2, 0) is 6.42 Å². The van der Waals surface area contributed by atoms with Gasteiger partial charge in [0.2, 0.25) is 0 Å². The van der Waals surface area contributed by atoms with Crippen molar-refractivity contribution in [2.45, 2.75) is 19.3 Å². The second kappa shape index (κ2) is 6.92. The molecule has 2 aromatic carbocycles. The van der Waals surface area contributed by atoms with Crippen molar-refractivity contribution >= 4 is 27.4 Å². The fraction of sp³-hybridized carbons (Fsp3) is 0.211. The molecule has 6 nitrogen and oxygen atoms in total. The molecule has 0 saturated heterocycles. The number of nitro groups is 1. The van der Waals surface area contributed by atoms with Gasteiger partial charge in [0.25, 0.3) is 5.69 Å². The molecular weight excluding hydrogens is 396 g/mol. The molecule has 0 atom stereocenters. The normalized spacial score (nSPS) is 13.6. The Bertz CT molecular complexity index is 966. The van der Waals surface area contributed by atoms with E-state index in [9.17, 15) is 10.1 Å². The van der Waals surface area contributed by atoms with E-state index in [-0.39, 0.29) is 5.69 Å². The van der Waals surface area contributed by atoms with E-state index in [2.05, 4.69) is 27.3 Å². The van der Waals surface area contributed by atoms with Gasteiger partial charge in [-0.1, -0.05) is 34.1 Å². The number of fused-ring (bicyclic) bond motifs is 1. The minimum Gasteiger partial charge on any atom is -0.370 e. The quantitative estimate of drug-likeness (QED) is 0.487. The van der Waals surface area contributed by atoms with Crippen LogP contribution in [0.3, 0.4) is 0 Å². The third kappa shape index (κ3) is 2.99. The topological polar surface area (TPSA) is 73.0 Å². The van der Waals surface area contributed by atoms with Crippen LogP contribution in [-0.4, -0.2) is 21.2 Å². The van der Waals surface area contributed by atoms with Crippen molar-refractivity contribution in [3.8, 4) is 16.9 Å². The number of aromatic nitrogens is 2. The van der Waals surface area contributed by atoms with Gasteiger partial charge in [-0.25, -0.2) is 4.68 Å². The molecule has 1 aliphatic heterocycles. The Morgan fingerprint density at radius 3 is 2.62 bits per heavy atom. The molecule has 132 valence electrons. The van der Waals surface area contributed by atoms with Gasteiger partial charge in [-0.3, -0.25) is 10.1 Å². The number of halogens is 1. The van der Waals surface area contributed by atoms with Crippen LogP contribution < -0.4 is 5.32 Å². The summed E-state index contributed by atoms with van der Waals surface area (Å²) in [4.78, 5) is 10.5. The van der Waals surface area contributed by atoms with Crippen LogP contribution in [0.5, 0.6) is 0 Å². The fourth-order valence-electron chi connectivity index (χ4n) is 3.27. The highest BCUT2D eigenvalue weighted by atomic mass is 79.9. The predicted molar refractivity (Wildman–Crippen MR) is 105 cm³/mol. The van der Waals surface area contributed by atoms with E-state index in [1.54, 1.807) is 12.1 Å². The molecule has 1 aliphatic rings. The Labute approximate surface area is 159 Å². The maximum atomic E-state index is 10.9. The number of anilines is 1. The van der Waals surface area contributed by atoms with Crippen LogP contribution in [0.2, 0.25) is 0 Å². The zero-order valence-corrected chi connectivity index (χ0v) is 15.6. The summed E-state index contributed by atoms with van der Waals surface area (Å²) in [6.07, 6.45) is 3.15. The lowest BCUT2D eigenvalue weighted by molar-refractivity contribution is -0.384. The van der Waals surface area contributed by atoms with Gasteiger partial charge < -0.3 is 5.32 Å². The Morgan fingerprint density at radius 2 is 1.88 bits per heavy atom. The maximum Gasteiger partial charge on any atom is 0.269 e. The van der Waals surface area contributed by atoms with Crippen LogP contribution in [0.15, 0.2) is 53.0 Å². The summed E-state index contributed by atoms with van der Waals surface area (Å²) >= 11 is 3.63. The summed E-state index contributed by atoms with van der Waals surface area (Å²) in [6.45, 7) is 0.890. The number of hydrogen-bond acceptors (Lipinski definition) is 4. The second-order valence-electron chi connectivity index (χ2n) is 6.22. The lowest BCUT2D eigenvalue weighted by Gasteiger charge is -2.09. The second-order valence-corrected chi connectivity index (χ2v) is 7.08. The van der Waals surface area contributed by atoms with E-state index in [0.29, 0.717) is 0 Å². The van der Waals surface area contributed by atoms with E-state index in [0.717, 1.165) is 53.0 Å². The lowest BCUT2D eigenvalue weighted by atomic mass is 10.0. The van der Waals surface area contributed by atoms with Crippen molar-refractivity contribution in [3.63, 3.8) is 0 Å². The molecule has 1 N–H and O–H groups in total. The van der Waals surface area contributed by atoms with Crippen molar-refractivity contribution in [3.05, 3.63) is 68.7 Å². The highest BCUT2D eigenvalue weighted by Crippen LogP contribution is 2.37. The summed E-state index contributed by atoms with van der Waals surface area (Å²) in [5.74, 6) is 0.974. The molecule has 0 unspecified atom stereocenters. The molecule has 4 rings (SSSR count).